The molecule has 0 bridgehead atoms. The van der Waals surface area contributed by atoms with Gasteiger partial charge in [-0.15, -0.1) is 11.3 Å². The van der Waals surface area contributed by atoms with Crippen molar-refractivity contribution in [1.82, 2.24) is 14.8 Å². The molecule has 2 aromatic heterocycles. The lowest BCUT2D eigenvalue weighted by molar-refractivity contribution is 0.407. The number of nitrogens with zero attached hydrogens (tertiary/aromatic N) is 3. The third kappa shape index (κ3) is 4.09. The van der Waals surface area contributed by atoms with E-state index in [1.54, 1.807) is 18.4 Å². The van der Waals surface area contributed by atoms with Gasteiger partial charge in [-0.25, -0.2) is 9.67 Å². The van der Waals surface area contributed by atoms with Gasteiger partial charge >= 0.3 is 0 Å². The van der Waals surface area contributed by atoms with Gasteiger partial charge in [0.2, 0.25) is 0 Å². The fraction of sp³-hybridized carbons (Fsp3) is 0.250. The Kier molecular flexibility index (Phi) is 5.59. The van der Waals surface area contributed by atoms with Crippen LogP contribution < -0.4 is 10.1 Å². The standard InChI is InChI=1S/C24H26N4OS/c1-15(2)20-11-21(17(4)10-23(20)29-5)26-24-27-22(14-30-24)18-6-8-19(9-7-18)28-13-16(3)12-25-28/h6-15H,1-5H3,(H,26,27). The summed E-state index contributed by atoms with van der Waals surface area (Å²) in [6.07, 6.45) is 3.88. The van der Waals surface area contributed by atoms with Crippen LogP contribution in [0.2, 0.25) is 0 Å². The molecule has 0 unspecified atom stereocenters. The third-order valence-corrected chi connectivity index (χ3v) is 5.84. The number of anilines is 2. The minimum Gasteiger partial charge on any atom is -0.496 e. The van der Waals surface area contributed by atoms with Crippen molar-refractivity contribution in [3.05, 3.63) is 70.9 Å². The summed E-state index contributed by atoms with van der Waals surface area (Å²) >= 11 is 1.61. The number of hydrogen-bond acceptors (Lipinski definition) is 5. The minimum atomic E-state index is 0.380. The molecular weight excluding hydrogens is 392 g/mol. The molecule has 0 saturated heterocycles. The lowest BCUT2D eigenvalue weighted by Crippen LogP contribution is -1.99. The normalized spacial score (nSPS) is 11.1. The van der Waals surface area contributed by atoms with Gasteiger partial charge in [0.05, 0.1) is 24.7 Å². The molecule has 4 aromatic rings. The second-order valence-corrected chi connectivity index (χ2v) is 8.59. The van der Waals surface area contributed by atoms with E-state index in [9.17, 15) is 0 Å². The predicted octanol–water partition coefficient (Wildman–Crippen LogP) is 6.49. The van der Waals surface area contributed by atoms with Crippen LogP contribution in [0, 0.1) is 13.8 Å². The van der Waals surface area contributed by atoms with Crippen molar-refractivity contribution in [3.63, 3.8) is 0 Å². The molecular formula is C24H26N4OS. The van der Waals surface area contributed by atoms with Crippen LogP contribution in [0.1, 0.15) is 36.5 Å². The van der Waals surface area contributed by atoms with Crippen molar-refractivity contribution < 1.29 is 4.74 Å². The molecule has 6 heteroatoms. The van der Waals surface area contributed by atoms with E-state index in [0.717, 1.165) is 44.6 Å². The van der Waals surface area contributed by atoms with Crippen molar-refractivity contribution in [3.8, 4) is 22.7 Å². The molecule has 0 spiro atoms. The molecule has 154 valence electrons. The summed E-state index contributed by atoms with van der Waals surface area (Å²) in [7, 11) is 1.72. The van der Waals surface area contributed by atoms with Crippen LogP contribution >= 0.6 is 11.3 Å². The number of methoxy groups -OCH3 is 1. The predicted molar refractivity (Wildman–Crippen MR) is 125 cm³/mol. The molecule has 0 aliphatic carbocycles. The van der Waals surface area contributed by atoms with Crippen LogP contribution in [-0.2, 0) is 0 Å². The Labute approximate surface area is 181 Å². The first kappa shape index (κ1) is 20.2. The maximum atomic E-state index is 5.55. The number of nitrogens with one attached hydrogen (secondary N) is 1. The van der Waals surface area contributed by atoms with Crippen molar-refractivity contribution >= 4 is 22.2 Å². The summed E-state index contributed by atoms with van der Waals surface area (Å²) in [5, 5.41) is 10.8. The number of benzene rings is 2. The third-order valence-electron chi connectivity index (χ3n) is 5.08. The zero-order valence-corrected chi connectivity index (χ0v) is 18.7. The van der Waals surface area contributed by atoms with E-state index in [-0.39, 0.29) is 0 Å². The fourth-order valence-corrected chi connectivity index (χ4v) is 4.11. The molecule has 4 rings (SSSR count). The number of rotatable bonds is 6. The monoisotopic (exact) mass is 418 g/mol. The van der Waals surface area contributed by atoms with Gasteiger partial charge in [-0.1, -0.05) is 26.0 Å². The van der Waals surface area contributed by atoms with E-state index in [1.807, 2.05) is 24.0 Å². The molecule has 0 amide bonds. The molecule has 0 aliphatic heterocycles. The Bertz CT molecular complexity index is 1160. The molecule has 0 radical (unpaired) electrons. The minimum absolute atomic E-state index is 0.380. The van der Waals surface area contributed by atoms with Crippen molar-refractivity contribution in [2.24, 2.45) is 0 Å². The molecule has 0 fully saturated rings. The highest BCUT2D eigenvalue weighted by Crippen LogP contribution is 2.34. The number of aryl methyl sites for hydroxylation is 2. The van der Waals surface area contributed by atoms with E-state index >= 15 is 0 Å². The molecule has 30 heavy (non-hydrogen) atoms. The van der Waals surface area contributed by atoms with Gasteiger partial charge in [0, 0.05) is 22.8 Å². The SMILES string of the molecule is COc1cc(C)c(Nc2nc(-c3ccc(-n4cc(C)cn4)cc3)cs2)cc1C(C)C. The Morgan fingerprint density at radius 1 is 1.10 bits per heavy atom. The zero-order valence-electron chi connectivity index (χ0n) is 17.9. The Morgan fingerprint density at radius 3 is 2.50 bits per heavy atom. The average Bonchev–Trinajstić information content (AvgIpc) is 3.38. The summed E-state index contributed by atoms with van der Waals surface area (Å²) < 4.78 is 7.43. The smallest absolute Gasteiger partial charge is 0.187 e. The number of thiazole rings is 1. The fourth-order valence-electron chi connectivity index (χ4n) is 3.38. The second-order valence-electron chi connectivity index (χ2n) is 7.74. The van der Waals surface area contributed by atoms with Crippen LogP contribution in [0.15, 0.2) is 54.2 Å². The van der Waals surface area contributed by atoms with Gasteiger partial charge < -0.3 is 10.1 Å². The first-order valence-corrected chi connectivity index (χ1v) is 10.9. The van der Waals surface area contributed by atoms with Crippen LogP contribution in [0.3, 0.4) is 0 Å². The highest BCUT2D eigenvalue weighted by molar-refractivity contribution is 7.14. The van der Waals surface area contributed by atoms with E-state index in [1.165, 1.54) is 5.56 Å². The lowest BCUT2D eigenvalue weighted by Gasteiger charge is -2.16. The van der Waals surface area contributed by atoms with Gasteiger partial charge in [0.1, 0.15) is 5.75 Å². The first-order valence-electron chi connectivity index (χ1n) is 9.97. The van der Waals surface area contributed by atoms with Gasteiger partial charge in [-0.2, -0.15) is 5.10 Å². The molecule has 1 N–H and O–H groups in total. The van der Waals surface area contributed by atoms with Gasteiger partial charge in [-0.3, -0.25) is 0 Å². The van der Waals surface area contributed by atoms with E-state index in [4.69, 9.17) is 9.72 Å². The van der Waals surface area contributed by atoms with E-state index in [2.05, 4.69) is 73.0 Å². The topological polar surface area (TPSA) is 52.0 Å². The quantitative estimate of drug-likeness (QED) is 0.389. The Balaban J connectivity index is 1.55. The van der Waals surface area contributed by atoms with Crippen LogP contribution in [0.4, 0.5) is 10.8 Å². The Hall–Kier alpha value is -3.12. The highest BCUT2D eigenvalue weighted by atomic mass is 32.1. The maximum absolute atomic E-state index is 5.55. The zero-order chi connectivity index (χ0) is 21.3. The second kappa shape index (κ2) is 8.32. The molecule has 2 heterocycles. The van der Waals surface area contributed by atoms with Gasteiger partial charge in [0.25, 0.3) is 0 Å². The first-order chi connectivity index (χ1) is 14.4. The highest BCUT2D eigenvalue weighted by Gasteiger charge is 2.13. The molecule has 0 aliphatic rings. The summed E-state index contributed by atoms with van der Waals surface area (Å²) in [6, 6.07) is 12.6. The van der Waals surface area contributed by atoms with Gasteiger partial charge in [-0.05, 0) is 60.7 Å². The molecule has 5 nitrogen and oxygen atoms in total. The van der Waals surface area contributed by atoms with Crippen LogP contribution in [0.5, 0.6) is 5.75 Å². The molecule has 0 atom stereocenters. The maximum Gasteiger partial charge on any atom is 0.187 e. The van der Waals surface area contributed by atoms with E-state index < -0.39 is 0 Å². The Morgan fingerprint density at radius 2 is 1.87 bits per heavy atom. The van der Waals surface area contributed by atoms with Crippen LogP contribution in [0.25, 0.3) is 16.9 Å². The largest absolute Gasteiger partial charge is 0.496 e. The summed E-state index contributed by atoms with van der Waals surface area (Å²) in [4.78, 5) is 4.79. The summed E-state index contributed by atoms with van der Waals surface area (Å²) in [5.41, 5.74) is 7.60. The lowest BCUT2D eigenvalue weighted by atomic mass is 9.99. The molecule has 2 aromatic carbocycles. The van der Waals surface area contributed by atoms with Crippen molar-refractivity contribution in [2.75, 3.05) is 12.4 Å². The number of aromatic nitrogens is 3. The van der Waals surface area contributed by atoms with E-state index in [0.29, 0.717) is 5.92 Å². The number of hydrogen-bond donors (Lipinski definition) is 1. The average molecular weight is 419 g/mol. The number of ether oxygens (including phenoxy) is 1. The molecule has 0 saturated carbocycles. The summed E-state index contributed by atoms with van der Waals surface area (Å²) in [5.74, 6) is 1.31. The van der Waals surface area contributed by atoms with Crippen molar-refractivity contribution in [1.29, 1.82) is 0 Å². The van der Waals surface area contributed by atoms with Crippen molar-refractivity contribution in [2.45, 2.75) is 33.6 Å². The van der Waals surface area contributed by atoms with Crippen LogP contribution in [-0.4, -0.2) is 21.9 Å². The van der Waals surface area contributed by atoms with Gasteiger partial charge in [0.15, 0.2) is 5.13 Å². The summed E-state index contributed by atoms with van der Waals surface area (Å²) in [6.45, 7) is 8.47.